The maximum Gasteiger partial charge on any atom is 0.408 e. The first kappa shape index (κ1) is 22.4. The van der Waals surface area contributed by atoms with Crippen LogP contribution in [0, 0.1) is 11.8 Å². The summed E-state index contributed by atoms with van der Waals surface area (Å²) >= 11 is 0. The molecule has 6 heteroatoms. The Balaban J connectivity index is 1.63. The first-order valence-electron chi connectivity index (χ1n) is 11.3. The number of nitrogens with one attached hydrogen (secondary N) is 1. The Morgan fingerprint density at radius 1 is 1.13 bits per heavy atom. The highest BCUT2D eigenvalue weighted by Gasteiger charge is 2.27. The van der Waals surface area contributed by atoms with E-state index in [2.05, 4.69) is 17.4 Å². The number of fused-ring (bicyclic) bond motifs is 1. The number of benzene rings is 1. The predicted molar refractivity (Wildman–Crippen MR) is 116 cm³/mol. The molecule has 1 aromatic rings. The summed E-state index contributed by atoms with van der Waals surface area (Å²) in [6.45, 7) is 6.22. The van der Waals surface area contributed by atoms with Crippen LogP contribution in [0.2, 0.25) is 0 Å². The number of hydrogen-bond acceptors (Lipinski definition) is 4. The highest BCUT2D eigenvalue weighted by molar-refractivity contribution is 5.76. The van der Waals surface area contributed by atoms with Crippen molar-refractivity contribution in [2.24, 2.45) is 17.6 Å². The minimum Gasteiger partial charge on any atom is -0.493 e. The Morgan fingerprint density at radius 3 is 2.67 bits per heavy atom. The summed E-state index contributed by atoms with van der Waals surface area (Å²) in [4.78, 5) is 23.8. The number of rotatable bonds is 5. The number of carbonyl (C=O) groups is 2. The average molecular weight is 417 g/mol. The Labute approximate surface area is 179 Å². The van der Waals surface area contributed by atoms with Crippen LogP contribution in [-0.4, -0.2) is 24.2 Å². The molecule has 0 aromatic heterocycles. The van der Waals surface area contributed by atoms with Gasteiger partial charge >= 0.3 is 6.09 Å². The summed E-state index contributed by atoms with van der Waals surface area (Å²) < 4.78 is 11.5. The van der Waals surface area contributed by atoms with Gasteiger partial charge in [-0.25, -0.2) is 4.79 Å². The lowest BCUT2D eigenvalue weighted by Gasteiger charge is -2.27. The van der Waals surface area contributed by atoms with Gasteiger partial charge < -0.3 is 20.5 Å². The second-order valence-corrected chi connectivity index (χ2v) is 9.75. The summed E-state index contributed by atoms with van der Waals surface area (Å²) in [5, 5.41) is 3.04. The molecule has 166 valence electrons. The van der Waals surface area contributed by atoms with Gasteiger partial charge in [0.1, 0.15) is 11.4 Å². The second kappa shape index (κ2) is 9.71. The topological polar surface area (TPSA) is 90.7 Å². The van der Waals surface area contributed by atoms with Crippen LogP contribution in [0.1, 0.15) is 82.9 Å². The zero-order valence-corrected chi connectivity index (χ0v) is 18.5. The normalized spacial score (nSPS) is 24.3. The highest BCUT2D eigenvalue weighted by Crippen LogP contribution is 2.33. The number of carbonyl (C=O) groups excluding carboxylic acids is 2. The van der Waals surface area contributed by atoms with E-state index in [9.17, 15) is 9.59 Å². The van der Waals surface area contributed by atoms with Gasteiger partial charge in [-0.1, -0.05) is 18.9 Å². The highest BCUT2D eigenvalue weighted by atomic mass is 16.6. The zero-order chi connectivity index (χ0) is 21.7. The average Bonchev–Trinajstić information content (AvgIpc) is 2.87. The van der Waals surface area contributed by atoms with E-state index in [1.165, 1.54) is 5.56 Å². The molecule has 3 rings (SSSR count). The number of ether oxygens (including phenoxy) is 2. The molecule has 6 nitrogen and oxygen atoms in total. The number of hydrogen-bond donors (Lipinski definition) is 2. The number of primary amides is 1. The molecule has 0 heterocycles. The fourth-order valence-electron chi connectivity index (χ4n) is 4.56. The summed E-state index contributed by atoms with van der Waals surface area (Å²) in [5.41, 5.74) is 7.36. The molecule has 1 fully saturated rings. The molecule has 2 amide bonds. The zero-order valence-electron chi connectivity index (χ0n) is 18.5. The minimum absolute atomic E-state index is 0.0147. The van der Waals surface area contributed by atoms with Crippen molar-refractivity contribution in [3.8, 4) is 5.75 Å². The molecule has 1 aromatic carbocycles. The predicted octanol–water partition coefficient (Wildman–Crippen LogP) is 4.65. The van der Waals surface area contributed by atoms with Crippen LogP contribution in [0.15, 0.2) is 18.2 Å². The van der Waals surface area contributed by atoms with Crippen molar-refractivity contribution in [3.05, 3.63) is 29.3 Å². The minimum atomic E-state index is -0.512. The van der Waals surface area contributed by atoms with Crippen molar-refractivity contribution in [2.75, 3.05) is 6.61 Å². The van der Waals surface area contributed by atoms with Crippen LogP contribution in [0.5, 0.6) is 5.75 Å². The van der Waals surface area contributed by atoms with Gasteiger partial charge in [-0.3, -0.25) is 4.79 Å². The summed E-state index contributed by atoms with van der Waals surface area (Å²) in [5.74, 6) is 1.02. The number of alkyl carbamates (subject to hydrolysis) is 1. The van der Waals surface area contributed by atoms with Gasteiger partial charge in [0, 0.05) is 5.92 Å². The van der Waals surface area contributed by atoms with Gasteiger partial charge in [0.25, 0.3) is 0 Å². The Hall–Kier alpha value is -2.24. The van der Waals surface area contributed by atoms with Gasteiger partial charge in [-0.2, -0.15) is 0 Å². The summed E-state index contributed by atoms with van der Waals surface area (Å²) in [6, 6.07) is 6.13. The molecule has 0 saturated heterocycles. The van der Waals surface area contributed by atoms with Gasteiger partial charge in [0.05, 0.1) is 12.6 Å². The molecule has 2 aliphatic carbocycles. The lowest BCUT2D eigenvalue weighted by atomic mass is 9.81. The first-order chi connectivity index (χ1) is 14.2. The lowest BCUT2D eigenvalue weighted by molar-refractivity contribution is -0.123. The Bertz CT molecular complexity index is 756. The molecule has 3 unspecified atom stereocenters. The number of nitrogens with two attached hydrogens (primary N) is 1. The SMILES string of the molecule is CC(C)(C)OC(=O)NC1CCCCc2cc(OCC3CCCC(C(N)=O)C3)ccc21. The third-order valence-electron chi connectivity index (χ3n) is 6.04. The second-order valence-electron chi connectivity index (χ2n) is 9.75. The third kappa shape index (κ3) is 6.38. The van der Waals surface area contributed by atoms with E-state index in [0.29, 0.717) is 12.5 Å². The molecule has 3 atom stereocenters. The van der Waals surface area contributed by atoms with Crippen molar-refractivity contribution in [2.45, 2.75) is 83.8 Å². The van der Waals surface area contributed by atoms with E-state index in [-0.39, 0.29) is 24.0 Å². The molecule has 1 saturated carbocycles. The van der Waals surface area contributed by atoms with Crippen LogP contribution in [0.4, 0.5) is 4.79 Å². The maximum absolute atomic E-state index is 12.3. The molecule has 0 radical (unpaired) electrons. The van der Waals surface area contributed by atoms with Crippen molar-refractivity contribution in [3.63, 3.8) is 0 Å². The van der Waals surface area contributed by atoms with E-state index < -0.39 is 5.60 Å². The van der Waals surface area contributed by atoms with Crippen molar-refractivity contribution >= 4 is 12.0 Å². The fourth-order valence-corrected chi connectivity index (χ4v) is 4.56. The molecular weight excluding hydrogens is 380 g/mol. The first-order valence-corrected chi connectivity index (χ1v) is 11.3. The molecular formula is C24H36N2O4. The van der Waals surface area contributed by atoms with Crippen LogP contribution in [0.25, 0.3) is 0 Å². The summed E-state index contributed by atoms with van der Waals surface area (Å²) in [7, 11) is 0. The molecule has 3 N–H and O–H groups in total. The van der Waals surface area contributed by atoms with Crippen LogP contribution in [-0.2, 0) is 16.0 Å². The standard InChI is InChI=1S/C24H36N2O4/c1-24(2,3)30-23(28)26-21-10-5-4-8-17-14-19(11-12-20(17)21)29-15-16-7-6-9-18(13-16)22(25)27/h11-12,14,16,18,21H,4-10,13,15H2,1-3H3,(H2,25,27)(H,26,28). The lowest BCUT2D eigenvalue weighted by Crippen LogP contribution is -2.35. The fraction of sp³-hybridized carbons (Fsp3) is 0.667. The number of aryl methyl sites for hydroxylation is 1. The maximum atomic E-state index is 12.3. The van der Waals surface area contributed by atoms with Gasteiger partial charge in [-0.05, 0) is 88.5 Å². The quantitative estimate of drug-likeness (QED) is 0.684. The third-order valence-corrected chi connectivity index (χ3v) is 6.04. The molecule has 0 aliphatic heterocycles. The van der Waals surface area contributed by atoms with E-state index in [1.54, 1.807) is 0 Å². The van der Waals surface area contributed by atoms with E-state index in [1.807, 2.05) is 26.8 Å². The van der Waals surface area contributed by atoms with Crippen molar-refractivity contribution in [1.82, 2.24) is 5.32 Å². The van der Waals surface area contributed by atoms with Gasteiger partial charge in [-0.15, -0.1) is 0 Å². The number of amides is 2. The van der Waals surface area contributed by atoms with Gasteiger partial charge in [0.2, 0.25) is 5.91 Å². The molecule has 2 aliphatic rings. The van der Waals surface area contributed by atoms with Crippen LogP contribution < -0.4 is 15.8 Å². The van der Waals surface area contributed by atoms with Crippen LogP contribution in [0.3, 0.4) is 0 Å². The molecule has 30 heavy (non-hydrogen) atoms. The van der Waals surface area contributed by atoms with Crippen LogP contribution >= 0.6 is 0 Å². The monoisotopic (exact) mass is 416 g/mol. The van der Waals surface area contributed by atoms with E-state index in [4.69, 9.17) is 15.2 Å². The molecule has 0 spiro atoms. The van der Waals surface area contributed by atoms with E-state index >= 15 is 0 Å². The van der Waals surface area contributed by atoms with Gasteiger partial charge in [0.15, 0.2) is 0 Å². The molecule has 0 bridgehead atoms. The smallest absolute Gasteiger partial charge is 0.408 e. The Kier molecular flexibility index (Phi) is 7.27. The van der Waals surface area contributed by atoms with E-state index in [0.717, 1.165) is 62.7 Å². The Morgan fingerprint density at radius 2 is 1.93 bits per heavy atom. The largest absolute Gasteiger partial charge is 0.493 e. The van der Waals surface area contributed by atoms with Crippen molar-refractivity contribution in [1.29, 1.82) is 0 Å². The van der Waals surface area contributed by atoms with Crippen molar-refractivity contribution < 1.29 is 19.1 Å². The summed E-state index contributed by atoms with van der Waals surface area (Å²) in [6.07, 6.45) is 7.49.